The topological polar surface area (TPSA) is 66.9 Å². The van der Waals surface area contributed by atoms with Crippen molar-refractivity contribution in [3.63, 3.8) is 0 Å². The molecule has 2 aromatic rings. The number of halogens is 4. The summed E-state index contributed by atoms with van der Waals surface area (Å²) < 4.78 is 52.8. The predicted octanol–water partition coefficient (Wildman–Crippen LogP) is 4.49. The van der Waals surface area contributed by atoms with E-state index in [0.29, 0.717) is 0 Å². The standard InChI is InChI=1S/C10H11F2NO.C10H9F2N/c1-10(2,9(13)14)8-6(11)4-3-5-7(8)12;1-10(2,6-13)9-7(11)4-3-5-8(9)12/h3-5H,1-2H3,(H2,13,14);3-5H,1-2H3. The fourth-order valence-electron chi connectivity index (χ4n) is 2.37. The zero-order chi connectivity index (χ0) is 21.0. The van der Waals surface area contributed by atoms with Gasteiger partial charge in [0.2, 0.25) is 5.91 Å². The van der Waals surface area contributed by atoms with E-state index in [1.807, 2.05) is 6.07 Å². The smallest absolute Gasteiger partial charge is 0.227 e. The molecular formula is C20H20F4N2O. The van der Waals surface area contributed by atoms with Crippen molar-refractivity contribution in [3.05, 3.63) is 70.8 Å². The number of carbonyl (C=O) groups is 1. The maximum absolute atomic E-state index is 13.3. The summed E-state index contributed by atoms with van der Waals surface area (Å²) >= 11 is 0. The largest absolute Gasteiger partial charge is 0.369 e. The summed E-state index contributed by atoms with van der Waals surface area (Å²) in [5.41, 5.74) is 2.15. The number of amides is 1. The predicted molar refractivity (Wildman–Crippen MR) is 93.6 cm³/mol. The Hall–Kier alpha value is -2.88. The van der Waals surface area contributed by atoms with Gasteiger partial charge in [0.25, 0.3) is 0 Å². The van der Waals surface area contributed by atoms with Crippen LogP contribution in [0.3, 0.4) is 0 Å². The van der Waals surface area contributed by atoms with Gasteiger partial charge in [0.1, 0.15) is 23.3 Å². The van der Waals surface area contributed by atoms with Gasteiger partial charge in [-0.3, -0.25) is 4.79 Å². The quantitative estimate of drug-likeness (QED) is 0.797. The first-order valence-electron chi connectivity index (χ1n) is 7.96. The van der Waals surface area contributed by atoms with E-state index in [1.54, 1.807) is 0 Å². The minimum atomic E-state index is -1.34. The Morgan fingerprint density at radius 2 is 1.19 bits per heavy atom. The van der Waals surface area contributed by atoms with Crippen LogP contribution < -0.4 is 5.73 Å². The highest BCUT2D eigenvalue weighted by atomic mass is 19.1. The molecule has 0 atom stereocenters. The van der Waals surface area contributed by atoms with Crippen molar-refractivity contribution in [1.82, 2.24) is 0 Å². The van der Waals surface area contributed by atoms with E-state index in [2.05, 4.69) is 0 Å². The molecule has 144 valence electrons. The highest BCUT2D eigenvalue weighted by Crippen LogP contribution is 2.28. The highest BCUT2D eigenvalue weighted by molar-refractivity contribution is 5.85. The lowest BCUT2D eigenvalue weighted by Gasteiger charge is -2.21. The van der Waals surface area contributed by atoms with Crippen LogP contribution in [0, 0.1) is 34.6 Å². The van der Waals surface area contributed by atoms with E-state index < -0.39 is 40.0 Å². The van der Waals surface area contributed by atoms with Gasteiger partial charge in [-0.05, 0) is 52.0 Å². The van der Waals surface area contributed by atoms with Gasteiger partial charge in [0.15, 0.2) is 0 Å². The molecule has 2 aromatic carbocycles. The van der Waals surface area contributed by atoms with Crippen LogP contribution in [0.1, 0.15) is 38.8 Å². The van der Waals surface area contributed by atoms with Gasteiger partial charge in [-0.2, -0.15) is 5.26 Å². The lowest BCUT2D eigenvalue weighted by molar-refractivity contribution is -0.122. The molecule has 0 aliphatic heterocycles. The average molecular weight is 380 g/mol. The van der Waals surface area contributed by atoms with Crippen molar-refractivity contribution in [3.8, 4) is 6.07 Å². The second kappa shape index (κ2) is 8.21. The van der Waals surface area contributed by atoms with Gasteiger partial charge in [-0.1, -0.05) is 12.1 Å². The second-order valence-electron chi connectivity index (χ2n) is 6.92. The van der Waals surface area contributed by atoms with Crippen LogP contribution in [0.2, 0.25) is 0 Å². The molecule has 0 bridgehead atoms. The number of carbonyl (C=O) groups excluding carboxylic acids is 1. The summed E-state index contributed by atoms with van der Waals surface area (Å²) in [5.74, 6) is -3.62. The van der Waals surface area contributed by atoms with E-state index in [-0.39, 0.29) is 11.1 Å². The number of primary amides is 1. The van der Waals surface area contributed by atoms with Crippen LogP contribution in [0.4, 0.5) is 17.6 Å². The van der Waals surface area contributed by atoms with Gasteiger partial charge in [-0.25, -0.2) is 17.6 Å². The molecule has 0 unspecified atom stereocenters. The monoisotopic (exact) mass is 380 g/mol. The first-order valence-corrected chi connectivity index (χ1v) is 7.96. The third kappa shape index (κ3) is 4.85. The Balaban J connectivity index is 0.000000271. The SMILES string of the molecule is CC(C)(C#N)c1c(F)cccc1F.CC(C)(C(N)=O)c1c(F)cccc1F. The fraction of sp³-hybridized carbons (Fsp3) is 0.300. The van der Waals surface area contributed by atoms with Crippen LogP contribution in [0.5, 0.6) is 0 Å². The van der Waals surface area contributed by atoms with Crippen LogP contribution >= 0.6 is 0 Å². The number of nitrogens with zero attached hydrogens (tertiary/aromatic N) is 1. The van der Waals surface area contributed by atoms with Crippen molar-refractivity contribution in [2.75, 3.05) is 0 Å². The number of rotatable bonds is 3. The molecule has 0 aliphatic carbocycles. The van der Waals surface area contributed by atoms with Crippen molar-refractivity contribution >= 4 is 5.91 Å². The molecule has 0 saturated heterocycles. The number of benzene rings is 2. The molecule has 7 heteroatoms. The fourth-order valence-corrected chi connectivity index (χ4v) is 2.37. The molecule has 0 aliphatic rings. The van der Waals surface area contributed by atoms with Gasteiger partial charge in [-0.15, -0.1) is 0 Å². The van der Waals surface area contributed by atoms with Crippen molar-refractivity contribution in [2.24, 2.45) is 5.73 Å². The summed E-state index contributed by atoms with van der Waals surface area (Å²) in [6, 6.07) is 8.88. The summed E-state index contributed by atoms with van der Waals surface area (Å²) in [7, 11) is 0. The number of nitrogens with two attached hydrogens (primary N) is 1. The number of hydrogen-bond donors (Lipinski definition) is 1. The van der Waals surface area contributed by atoms with Gasteiger partial charge in [0, 0.05) is 11.1 Å². The van der Waals surface area contributed by atoms with Gasteiger partial charge >= 0.3 is 0 Å². The maximum atomic E-state index is 13.3. The first kappa shape index (κ1) is 22.2. The molecule has 0 heterocycles. The lowest BCUT2D eigenvalue weighted by atomic mass is 9.83. The van der Waals surface area contributed by atoms with E-state index >= 15 is 0 Å². The lowest BCUT2D eigenvalue weighted by Crippen LogP contribution is -2.37. The molecule has 2 rings (SSSR count). The van der Waals surface area contributed by atoms with Crippen LogP contribution in [0.25, 0.3) is 0 Å². The van der Waals surface area contributed by atoms with Gasteiger partial charge < -0.3 is 5.73 Å². The van der Waals surface area contributed by atoms with E-state index in [9.17, 15) is 22.4 Å². The molecule has 1 amide bonds. The molecule has 0 aromatic heterocycles. The van der Waals surface area contributed by atoms with Gasteiger partial charge in [0.05, 0.1) is 16.9 Å². The minimum Gasteiger partial charge on any atom is -0.369 e. The third-order valence-corrected chi connectivity index (χ3v) is 4.07. The Morgan fingerprint density at radius 3 is 1.48 bits per heavy atom. The Kier molecular flexibility index (Phi) is 6.74. The summed E-state index contributed by atoms with van der Waals surface area (Å²) in [6.45, 7) is 5.73. The van der Waals surface area contributed by atoms with Crippen LogP contribution in [-0.2, 0) is 15.6 Å². The Bertz CT molecular complexity index is 846. The number of hydrogen-bond acceptors (Lipinski definition) is 2. The molecule has 0 saturated carbocycles. The zero-order valence-electron chi connectivity index (χ0n) is 15.4. The first-order chi connectivity index (χ1) is 12.4. The van der Waals surface area contributed by atoms with E-state index in [1.165, 1.54) is 39.8 Å². The average Bonchev–Trinajstić information content (AvgIpc) is 2.54. The molecular weight excluding hydrogens is 360 g/mol. The Morgan fingerprint density at radius 1 is 0.852 bits per heavy atom. The normalized spacial score (nSPS) is 11.2. The summed E-state index contributed by atoms with van der Waals surface area (Å²) in [6.07, 6.45) is 0. The Labute approximate surface area is 155 Å². The number of nitriles is 1. The third-order valence-electron chi connectivity index (χ3n) is 4.07. The molecule has 0 fully saturated rings. The molecule has 0 spiro atoms. The molecule has 2 N–H and O–H groups in total. The van der Waals surface area contributed by atoms with Crippen molar-refractivity contribution < 1.29 is 22.4 Å². The summed E-state index contributed by atoms with van der Waals surface area (Å²) in [4.78, 5) is 11.0. The van der Waals surface area contributed by atoms with Crippen molar-refractivity contribution in [2.45, 2.75) is 38.5 Å². The molecule has 3 nitrogen and oxygen atoms in total. The van der Waals surface area contributed by atoms with Crippen molar-refractivity contribution in [1.29, 1.82) is 5.26 Å². The van der Waals surface area contributed by atoms with Crippen LogP contribution in [-0.4, -0.2) is 5.91 Å². The molecule has 0 radical (unpaired) electrons. The highest BCUT2D eigenvalue weighted by Gasteiger charge is 2.33. The van der Waals surface area contributed by atoms with Crippen LogP contribution in [0.15, 0.2) is 36.4 Å². The molecule has 27 heavy (non-hydrogen) atoms. The second-order valence-corrected chi connectivity index (χ2v) is 6.92. The zero-order valence-corrected chi connectivity index (χ0v) is 15.4. The van der Waals surface area contributed by atoms with E-state index in [0.717, 1.165) is 24.3 Å². The maximum Gasteiger partial charge on any atom is 0.227 e. The summed E-state index contributed by atoms with van der Waals surface area (Å²) in [5, 5.41) is 8.71. The van der Waals surface area contributed by atoms with E-state index in [4.69, 9.17) is 11.0 Å². The minimum absolute atomic E-state index is 0.169.